The quantitative estimate of drug-likeness (QED) is 0.760. The number of nitrogens with zero attached hydrogens (tertiary/aromatic N) is 2. The van der Waals surface area contributed by atoms with Crippen LogP contribution >= 0.6 is 11.6 Å². The molecule has 1 aliphatic rings. The highest BCUT2D eigenvalue weighted by molar-refractivity contribution is 6.16. The second kappa shape index (κ2) is 5.72. The summed E-state index contributed by atoms with van der Waals surface area (Å²) in [7, 11) is 2.19. The molecule has 3 heteroatoms. The van der Waals surface area contributed by atoms with E-state index in [-0.39, 0.29) is 0 Å². The van der Waals surface area contributed by atoms with E-state index in [2.05, 4.69) is 36.0 Å². The second-order valence-electron chi connectivity index (χ2n) is 5.08. The van der Waals surface area contributed by atoms with Crippen LogP contribution in [0.4, 0.5) is 5.69 Å². The van der Waals surface area contributed by atoms with Crippen molar-refractivity contribution in [2.45, 2.75) is 44.5 Å². The summed E-state index contributed by atoms with van der Waals surface area (Å²) in [6, 6.07) is 4.85. The Balaban J connectivity index is 2.14. The minimum atomic E-state index is 0.488. The van der Waals surface area contributed by atoms with Crippen LogP contribution in [0.15, 0.2) is 18.3 Å². The van der Waals surface area contributed by atoms with E-state index in [9.17, 15) is 0 Å². The Morgan fingerprint density at radius 3 is 2.88 bits per heavy atom. The van der Waals surface area contributed by atoms with Crippen molar-refractivity contribution in [1.29, 1.82) is 0 Å². The summed E-state index contributed by atoms with van der Waals surface area (Å²) in [6.07, 6.45) is 7.25. The van der Waals surface area contributed by atoms with Gasteiger partial charge < -0.3 is 4.90 Å². The summed E-state index contributed by atoms with van der Waals surface area (Å²) in [5.41, 5.74) is 2.20. The van der Waals surface area contributed by atoms with Gasteiger partial charge in [0.1, 0.15) is 0 Å². The number of anilines is 1. The SMILES string of the molecule is CC1CCCCC1N(C)c1ccnc(CCl)c1. The zero-order valence-electron chi connectivity index (χ0n) is 10.7. The molecule has 1 heterocycles. The first-order chi connectivity index (χ1) is 8.22. The molecule has 0 aromatic carbocycles. The number of aromatic nitrogens is 1. The molecule has 0 N–H and O–H groups in total. The molecule has 2 unspecified atom stereocenters. The predicted molar refractivity (Wildman–Crippen MR) is 73.6 cm³/mol. The first-order valence-electron chi connectivity index (χ1n) is 6.46. The van der Waals surface area contributed by atoms with Crippen LogP contribution in [0.1, 0.15) is 38.3 Å². The molecule has 17 heavy (non-hydrogen) atoms. The number of hydrogen-bond donors (Lipinski definition) is 0. The fourth-order valence-electron chi connectivity index (χ4n) is 2.82. The third-order valence-electron chi connectivity index (χ3n) is 3.91. The summed E-state index contributed by atoms with van der Waals surface area (Å²) in [6.45, 7) is 2.37. The largest absolute Gasteiger partial charge is 0.371 e. The van der Waals surface area contributed by atoms with E-state index in [0.29, 0.717) is 11.9 Å². The van der Waals surface area contributed by atoms with Crippen LogP contribution in [0.25, 0.3) is 0 Å². The third kappa shape index (κ3) is 2.92. The van der Waals surface area contributed by atoms with Crippen molar-refractivity contribution in [3.05, 3.63) is 24.0 Å². The van der Waals surface area contributed by atoms with Gasteiger partial charge in [-0.2, -0.15) is 0 Å². The van der Waals surface area contributed by atoms with Crippen LogP contribution in [-0.4, -0.2) is 18.1 Å². The van der Waals surface area contributed by atoms with Crippen molar-refractivity contribution in [1.82, 2.24) is 4.98 Å². The van der Waals surface area contributed by atoms with Crippen LogP contribution in [0.2, 0.25) is 0 Å². The Morgan fingerprint density at radius 1 is 1.41 bits per heavy atom. The van der Waals surface area contributed by atoms with Crippen molar-refractivity contribution in [2.75, 3.05) is 11.9 Å². The topological polar surface area (TPSA) is 16.1 Å². The summed E-state index contributed by atoms with van der Waals surface area (Å²) < 4.78 is 0. The zero-order valence-corrected chi connectivity index (χ0v) is 11.5. The van der Waals surface area contributed by atoms with Gasteiger partial charge in [0.2, 0.25) is 0 Å². The number of hydrogen-bond acceptors (Lipinski definition) is 2. The van der Waals surface area contributed by atoms with Gasteiger partial charge in [-0.1, -0.05) is 19.8 Å². The number of rotatable bonds is 3. The smallest absolute Gasteiger partial charge is 0.0648 e. The van der Waals surface area contributed by atoms with E-state index in [4.69, 9.17) is 11.6 Å². The van der Waals surface area contributed by atoms with E-state index < -0.39 is 0 Å². The Hall–Kier alpha value is -0.760. The molecule has 0 aliphatic heterocycles. The molecule has 1 aromatic heterocycles. The maximum atomic E-state index is 5.84. The van der Waals surface area contributed by atoms with Gasteiger partial charge in [-0.15, -0.1) is 11.6 Å². The lowest BCUT2D eigenvalue weighted by atomic mass is 9.85. The molecule has 0 bridgehead atoms. The standard InChI is InChI=1S/C14H21ClN2/c1-11-5-3-4-6-14(11)17(2)13-7-8-16-12(9-13)10-15/h7-9,11,14H,3-6,10H2,1-2H3. The van der Waals surface area contributed by atoms with Gasteiger partial charge in [0.15, 0.2) is 0 Å². The minimum Gasteiger partial charge on any atom is -0.371 e. The third-order valence-corrected chi connectivity index (χ3v) is 4.18. The Kier molecular flexibility index (Phi) is 4.27. The van der Waals surface area contributed by atoms with Gasteiger partial charge in [-0.25, -0.2) is 0 Å². The van der Waals surface area contributed by atoms with Gasteiger partial charge in [0.05, 0.1) is 11.6 Å². The molecule has 2 nitrogen and oxygen atoms in total. The van der Waals surface area contributed by atoms with Gasteiger partial charge >= 0.3 is 0 Å². The number of pyridine rings is 1. The lowest BCUT2D eigenvalue weighted by molar-refractivity contribution is 0.321. The predicted octanol–water partition coefficient (Wildman–Crippen LogP) is 3.84. The average Bonchev–Trinajstić information content (AvgIpc) is 2.38. The first-order valence-corrected chi connectivity index (χ1v) is 6.99. The maximum absolute atomic E-state index is 5.84. The Morgan fingerprint density at radius 2 is 2.18 bits per heavy atom. The van der Waals surface area contributed by atoms with Crippen LogP contribution in [-0.2, 0) is 5.88 Å². The second-order valence-corrected chi connectivity index (χ2v) is 5.35. The van der Waals surface area contributed by atoms with E-state index >= 15 is 0 Å². The molecule has 94 valence electrons. The zero-order chi connectivity index (χ0) is 12.3. The van der Waals surface area contributed by atoms with Crippen LogP contribution in [0, 0.1) is 5.92 Å². The number of halogens is 1. The summed E-state index contributed by atoms with van der Waals surface area (Å²) in [5.74, 6) is 1.27. The van der Waals surface area contributed by atoms with Gasteiger partial charge in [-0.05, 0) is 30.9 Å². The summed E-state index contributed by atoms with van der Waals surface area (Å²) in [5, 5.41) is 0. The van der Waals surface area contributed by atoms with Crippen LogP contribution < -0.4 is 4.90 Å². The van der Waals surface area contributed by atoms with Crippen LogP contribution in [0.3, 0.4) is 0 Å². The molecule has 0 spiro atoms. The molecule has 2 atom stereocenters. The van der Waals surface area contributed by atoms with E-state index in [1.54, 1.807) is 0 Å². The lowest BCUT2D eigenvalue weighted by Gasteiger charge is -2.37. The van der Waals surface area contributed by atoms with Crippen molar-refractivity contribution in [3.63, 3.8) is 0 Å². The van der Waals surface area contributed by atoms with Crippen molar-refractivity contribution in [3.8, 4) is 0 Å². The first kappa shape index (κ1) is 12.7. The highest BCUT2D eigenvalue weighted by Gasteiger charge is 2.25. The van der Waals surface area contributed by atoms with Gasteiger partial charge in [0, 0.05) is 25.0 Å². The van der Waals surface area contributed by atoms with E-state index in [0.717, 1.165) is 11.6 Å². The maximum Gasteiger partial charge on any atom is 0.0648 e. The van der Waals surface area contributed by atoms with E-state index in [1.165, 1.54) is 31.4 Å². The molecule has 0 saturated heterocycles. The molecule has 1 aliphatic carbocycles. The fraction of sp³-hybridized carbons (Fsp3) is 0.643. The summed E-state index contributed by atoms with van der Waals surface area (Å²) >= 11 is 5.84. The van der Waals surface area contributed by atoms with Gasteiger partial charge in [-0.3, -0.25) is 4.98 Å². The van der Waals surface area contributed by atoms with Crippen molar-refractivity contribution >= 4 is 17.3 Å². The fourth-order valence-corrected chi connectivity index (χ4v) is 2.97. The molecule has 1 saturated carbocycles. The van der Waals surface area contributed by atoms with E-state index in [1.807, 2.05) is 6.20 Å². The molecule has 2 rings (SSSR count). The Labute approximate surface area is 109 Å². The molecule has 1 fully saturated rings. The summed E-state index contributed by atoms with van der Waals surface area (Å²) in [4.78, 5) is 6.65. The lowest BCUT2D eigenvalue weighted by Crippen LogP contribution is -2.39. The normalized spacial score (nSPS) is 24.6. The molecular weight excluding hydrogens is 232 g/mol. The molecule has 0 amide bonds. The van der Waals surface area contributed by atoms with Crippen LogP contribution in [0.5, 0.6) is 0 Å². The number of alkyl halides is 1. The Bertz CT molecular complexity index is 367. The van der Waals surface area contributed by atoms with Crippen molar-refractivity contribution in [2.24, 2.45) is 5.92 Å². The highest BCUT2D eigenvalue weighted by atomic mass is 35.5. The average molecular weight is 253 g/mol. The monoisotopic (exact) mass is 252 g/mol. The van der Waals surface area contributed by atoms with Gasteiger partial charge in [0.25, 0.3) is 0 Å². The van der Waals surface area contributed by atoms with Crippen molar-refractivity contribution < 1.29 is 0 Å². The molecule has 0 radical (unpaired) electrons. The molecular formula is C14H21ClN2. The molecule has 1 aromatic rings. The highest BCUT2D eigenvalue weighted by Crippen LogP contribution is 2.30. The minimum absolute atomic E-state index is 0.488.